The zero-order valence-electron chi connectivity index (χ0n) is 18.1. The Balaban J connectivity index is 1.51. The molecule has 34 heavy (non-hydrogen) atoms. The minimum absolute atomic E-state index is 0.132. The summed E-state index contributed by atoms with van der Waals surface area (Å²) in [6.07, 6.45) is -2.98. The van der Waals surface area contributed by atoms with Crippen LogP contribution >= 0.6 is 0 Å². The number of anilines is 1. The van der Waals surface area contributed by atoms with Crippen molar-refractivity contribution in [2.45, 2.75) is 25.6 Å². The molecule has 1 fully saturated rings. The van der Waals surface area contributed by atoms with E-state index in [0.717, 1.165) is 16.0 Å². The number of aryl methyl sites for hydroxylation is 2. The third kappa shape index (κ3) is 3.37. The van der Waals surface area contributed by atoms with Gasteiger partial charge in [-0.05, 0) is 37.1 Å². The van der Waals surface area contributed by atoms with Crippen LogP contribution in [0, 0.1) is 13.8 Å². The summed E-state index contributed by atoms with van der Waals surface area (Å²) in [4.78, 5) is 22.2. The second-order valence-corrected chi connectivity index (χ2v) is 8.42. The van der Waals surface area contributed by atoms with Crippen molar-refractivity contribution in [3.05, 3.63) is 53.3 Å². The van der Waals surface area contributed by atoms with Crippen LogP contribution in [0.1, 0.15) is 21.6 Å². The lowest BCUT2D eigenvalue weighted by atomic mass is 9.94. The van der Waals surface area contributed by atoms with Gasteiger partial charge in [0.2, 0.25) is 5.82 Å². The molecule has 0 saturated carbocycles. The Labute approximate surface area is 190 Å². The molecule has 3 aromatic heterocycles. The Hall–Kier alpha value is -3.93. The Kier molecular flexibility index (Phi) is 4.69. The third-order valence-electron chi connectivity index (χ3n) is 5.87. The Morgan fingerprint density at radius 2 is 1.91 bits per heavy atom. The lowest BCUT2D eigenvalue weighted by molar-refractivity contribution is -0.268. The highest BCUT2D eigenvalue weighted by molar-refractivity contribution is 5.99. The lowest BCUT2D eigenvalue weighted by Gasteiger charge is -2.45. The predicted octanol–water partition coefficient (Wildman–Crippen LogP) is 2.88. The van der Waals surface area contributed by atoms with Crippen LogP contribution in [0.2, 0.25) is 0 Å². The number of carbonyl (C=O) groups excluding carboxylic acids is 1. The van der Waals surface area contributed by atoms with Gasteiger partial charge >= 0.3 is 12.2 Å². The maximum absolute atomic E-state index is 12.9. The summed E-state index contributed by atoms with van der Waals surface area (Å²) in [7, 11) is 0. The molecule has 0 radical (unpaired) electrons. The van der Waals surface area contributed by atoms with E-state index in [1.165, 1.54) is 0 Å². The maximum atomic E-state index is 12.9. The van der Waals surface area contributed by atoms with Crippen LogP contribution in [0.25, 0.3) is 28.3 Å². The molecule has 176 valence electrons. The van der Waals surface area contributed by atoms with E-state index in [-0.39, 0.29) is 17.5 Å². The molecule has 0 unspecified atom stereocenters. The first-order chi connectivity index (χ1) is 16.0. The molecule has 1 saturated heterocycles. The van der Waals surface area contributed by atoms with Gasteiger partial charge in [0.1, 0.15) is 17.0 Å². The highest BCUT2D eigenvalue weighted by atomic mass is 19.4. The number of carbonyl (C=O) groups is 1. The third-order valence-corrected chi connectivity index (χ3v) is 5.87. The summed E-state index contributed by atoms with van der Waals surface area (Å²) in [5.41, 5.74) is 6.90. The molecule has 1 amide bonds. The normalized spacial score (nSPS) is 15.5. The van der Waals surface area contributed by atoms with E-state index in [1.54, 1.807) is 34.9 Å². The molecule has 0 bridgehead atoms. The summed E-state index contributed by atoms with van der Waals surface area (Å²) < 4.78 is 45.4. The van der Waals surface area contributed by atoms with Gasteiger partial charge in [-0.2, -0.15) is 18.2 Å². The number of alkyl halides is 3. The molecule has 0 spiro atoms. The average Bonchev–Trinajstić information content (AvgIpc) is 3.35. The van der Waals surface area contributed by atoms with Crippen molar-refractivity contribution in [1.29, 1.82) is 0 Å². The van der Waals surface area contributed by atoms with Crippen LogP contribution in [-0.2, 0) is 0 Å². The SMILES string of the molecule is Cc1ccc2nc(-c3cc(-c4noc(N5CC(O)(C(F)(F)F)C5)n4)ccc3C)c(C(N)=O)n2c1. The predicted molar refractivity (Wildman–Crippen MR) is 115 cm³/mol. The van der Waals surface area contributed by atoms with Crippen molar-refractivity contribution in [2.75, 3.05) is 18.0 Å². The van der Waals surface area contributed by atoms with Crippen LogP contribution in [0.5, 0.6) is 0 Å². The van der Waals surface area contributed by atoms with Crippen LogP contribution in [-0.4, -0.2) is 55.4 Å². The number of nitrogens with zero attached hydrogens (tertiary/aromatic N) is 5. The Bertz CT molecular complexity index is 1440. The zero-order chi connectivity index (χ0) is 24.4. The molecule has 12 heteroatoms. The van der Waals surface area contributed by atoms with Crippen molar-refractivity contribution < 1.29 is 27.6 Å². The average molecular weight is 472 g/mol. The van der Waals surface area contributed by atoms with Crippen molar-refractivity contribution >= 4 is 17.6 Å². The van der Waals surface area contributed by atoms with Gasteiger partial charge in [0.05, 0.1) is 13.1 Å². The van der Waals surface area contributed by atoms with Gasteiger partial charge in [0.15, 0.2) is 5.60 Å². The molecule has 0 atom stereocenters. The molecular formula is C22H19F3N6O3. The van der Waals surface area contributed by atoms with Crippen molar-refractivity contribution in [1.82, 2.24) is 19.5 Å². The van der Waals surface area contributed by atoms with Crippen LogP contribution < -0.4 is 10.6 Å². The van der Waals surface area contributed by atoms with Crippen LogP contribution in [0.15, 0.2) is 41.1 Å². The number of benzene rings is 1. The highest BCUT2D eigenvalue weighted by Crippen LogP contribution is 2.40. The van der Waals surface area contributed by atoms with Gasteiger partial charge < -0.3 is 20.3 Å². The first kappa shape index (κ1) is 21.9. The molecule has 5 rings (SSSR count). The van der Waals surface area contributed by atoms with Crippen molar-refractivity contribution in [3.63, 3.8) is 0 Å². The number of pyridine rings is 1. The van der Waals surface area contributed by atoms with E-state index in [4.69, 9.17) is 10.3 Å². The molecule has 4 aromatic rings. The van der Waals surface area contributed by atoms with Crippen molar-refractivity contribution in [3.8, 4) is 22.6 Å². The molecule has 1 aromatic carbocycles. The van der Waals surface area contributed by atoms with Crippen LogP contribution in [0.3, 0.4) is 0 Å². The molecule has 1 aliphatic heterocycles. The number of hydrogen-bond donors (Lipinski definition) is 2. The number of halogens is 3. The van der Waals surface area contributed by atoms with Gasteiger partial charge in [0, 0.05) is 17.3 Å². The second kappa shape index (κ2) is 7.29. The summed E-state index contributed by atoms with van der Waals surface area (Å²) in [6, 6.07) is 8.74. The number of aliphatic hydroxyl groups is 1. The topological polar surface area (TPSA) is 123 Å². The van der Waals surface area contributed by atoms with E-state index in [0.29, 0.717) is 22.5 Å². The Morgan fingerprint density at radius 3 is 2.59 bits per heavy atom. The number of hydrogen-bond acceptors (Lipinski definition) is 7. The number of fused-ring (bicyclic) bond motifs is 1. The molecular weight excluding hydrogens is 453 g/mol. The van der Waals surface area contributed by atoms with E-state index in [2.05, 4.69) is 15.1 Å². The van der Waals surface area contributed by atoms with Gasteiger partial charge in [-0.15, -0.1) is 0 Å². The van der Waals surface area contributed by atoms with Gasteiger partial charge in [-0.25, -0.2) is 4.98 Å². The van der Waals surface area contributed by atoms with Gasteiger partial charge in [-0.1, -0.05) is 23.4 Å². The van der Waals surface area contributed by atoms with E-state index >= 15 is 0 Å². The fourth-order valence-electron chi connectivity index (χ4n) is 3.95. The van der Waals surface area contributed by atoms with Gasteiger partial charge in [-0.3, -0.25) is 9.20 Å². The number of amides is 1. The second-order valence-electron chi connectivity index (χ2n) is 8.42. The minimum atomic E-state index is -4.75. The quantitative estimate of drug-likeness (QED) is 0.468. The molecule has 0 aliphatic carbocycles. The zero-order valence-corrected chi connectivity index (χ0v) is 18.1. The maximum Gasteiger partial charge on any atom is 0.420 e. The summed E-state index contributed by atoms with van der Waals surface area (Å²) in [6.45, 7) is 2.34. The molecule has 9 nitrogen and oxygen atoms in total. The first-order valence-electron chi connectivity index (χ1n) is 10.2. The number of β-amino-alcohol motifs (C(OH)–C–C–N with tert-alkyl or cyclic N) is 1. The number of rotatable bonds is 4. The monoisotopic (exact) mass is 472 g/mol. The standard InChI is InChI=1S/C22H19F3N6O3/c1-11-3-6-15-27-16(17(18(26)32)31(15)8-11)14-7-13(5-4-12(14)2)19-28-20(34-29-19)30-9-21(33,10-30)22(23,24)25/h3-8,33H,9-10H2,1-2H3,(H2,26,32). The number of aromatic nitrogens is 4. The number of nitrogens with two attached hydrogens (primary N) is 1. The fourth-order valence-corrected chi connectivity index (χ4v) is 3.95. The summed E-state index contributed by atoms with van der Waals surface area (Å²) >= 11 is 0. The molecule has 1 aliphatic rings. The van der Waals surface area contributed by atoms with Gasteiger partial charge in [0.25, 0.3) is 5.91 Å². The lowest BCUT2D eigenvalue weighted by Crippen LogP contribution is -2.69. The number of primary amides is 1. The smallest absolute Gasteiger partial charge is 0.378 e. The minimum Gasteiger partial charge on any atom is -0.378 e. The Morgan fingerprint density at radius 1 is 1.18 bits per heavy atom. The highest BCUT2D eigenvalue weighted by Gasteiger charge is 2.62. The summed E-state index contributed by atoms with van der Waals surface area (Å²) in [5.74, 6) is -0.506. The number of imidazole rings is 1. The molecule has 4 heterocycles. The van der Waals surface area contributed by atoms with E-state index in [9.17, 15) is 23.1 Å². The van der Waals surface area contributed by atoms with Crippen LogP contribution in [0.4, 0.5) is 19.2 Å². The molecule has 3 N–H and O–H groups in total. The largest absolute Gasteiger partial charge is 0.420 e. The van der Waals surface area contributed by atoms with E-state index in [1.807, 2.05) is 19.9 Å². The fraction of sp³-hybridized carbons (Fsp3) is 0.273. The first-order valence-corrected chi connectivity index (χ1v) is 10.2. The van der Waals surface area contributed by atoms with Crippen molar-refractivity contribution in [2.24, 2.45) is 5.73 Å². The summed E-state index contributed by atoms with van der Waals surface area (Å²) in [5, 5.41) is 13.5. The van der Waals surface area contributed by atoms with E-state index < -0.39 is 30.8 Å².